The van der Waals surface area contributed by atoms with Crippen LogP contribution in [-0.4, -0.2) is 52.4 Å². The second kappa shape index (κ2) is 9.22. The molecule has 0 radical (unpaired) electrons. The summed E-state index contributed by atoms with van der Waals surface area (Å²) in [6, 6.07) is 6.60. The van der Waals surface area contributed by atoms with Crippen molar-refractivity contribution < 1.29 is 14.3 Å². The van der Waals surface area contributed by atoms with E-state index in [1.165, 1.54) is 0 Å². The van der Waals surface area contributed by atoms with Gasteiger partial charge in [0.1, 0.15) is 11.6 Å². The highest BCUT2D eigenvalue weighted by molar-refractivity contribution is 6.30. The zero-order valence-corrected chi connectivity index (χ0v) is 17.6. The van der Waals surface area contributed by atoms with Crippen LogP contribution in [0.2, 0.25) is 5.02 Å². The van der Waals surface area contributed by atoms with Crippen molar-refractivity contribution in [2.24, 2.45) is 5.92 Å². The van der Waals surface area contributed by atoms with E-state index >= 15 is 0 Å². The number of Topliss-reactive ketones (excluding diaryl/α,β-unsaturated/α-hetero) is 1. The zero-order chi connectivity index (χ0) is 21.0. The molecule has 154 valence electrons. The van der Waals surface area contributed by atoms with Crippen LogP contribution in [0.3, 0.4) is 0 Å². The van der Waals surface area contributed by atoms with Gasteiger partial charge in [0.25, 0.3) is 0 Å². The average molecular weight is 417 g/mol. The molecule has 1 fully saturated rings. The highest BCUT2D eigenvalue weighted by Gasteiger charge is 2.40. The van der Waals surface area contributed by atoms with Gasteiger partial charge in [-0.15, -0.1) is 0 Å². The number of rotatable bonds is 8. The number of carbonyl (C=O) groups is 2. The minimum absolute atomic E-state index is 0.0312. The highest BCUT2D eigenvalue weighted by Crippen LogP contribution is 2.27. The fourth-order valence-electron chi connectivity index (χ4n) is 3.39. The number of carbonyl (C=O) groups excluding carboxylic acids is 2. The van der Waals surface area contributed by atoms with E-state index in [0.717, 1.165) is 0 Å². The lowest BCUT2D eigenvalue weighted by atomic mass is 10.0. The Hall–Kier alpha value is -2.67. The maximum atomic E-state index is 13.1. The minimum atomic E-state index is -0.215. The van der Waals surface area contributed by atoms with Crippen molar-refractivity contribution in [2.75, 3.05) is 24.6 Å². The molecule has 0 aliphatic carbocycles. The number of pyridine rings is 2. The number of amides is 2. The van der Waals surface area contributed by atoms with Gasteiger partial charge in [-0.3, -0.25) is 14.7 Å². The van der Waals surface area contributed by atoms with Gasteiger partial charge in [0.2, 0.25) is 0 Å². The fourth-order valence-corrected chi connectivity index (χ4v) is 3.57. The number of urea groups is 1. The van der Waals surface area contributed by atoms with E-state index in [1.54, 1.807) is 46.5 Å². The van der Waals surface area contributed by atoms with Crippen LogP contribution in [0.15, 0.2) is 36.7 Å². The van der Waals surface area contributed by atoms with E-state index in [1.807, 2.05) is 20.8 Å². The number of halogens is 1. The predicted octanol–water partition coefficient (Wildman–Crippen LogP) is 3.61. The summed E-state index contributed by atoms with van der Waals surface area (Å²) in [5, 5.41) is 0.535. The largest absolute Gasteiger partial charge is 0.492 e. The fraction of sp³-hybridized carbons (Fsp3) is 0.429. The van der Waals surface area contributed by atoms with Crippen molar-refractivity contribution in [3.8, 4) is 5.75 Å². The Morgan fingerprint density at radius 2 is 2.10 bits per heavy atom. The first kappa shape index (κ1) is 21.0. The van der Waals surface area contributed by atoms with Gasteiger partial charge in [0.05, 0.1) is 31.8 Å². The Labute approximate surface area is 175 Å². The van der Waals surface area contributed by atoms with Crippen LogP contribution in [-0.2, 0) is 11.2 Å². The molecule has 2 aromatic rings. The molecule has 0 bridgehead atoms. The lowest BCUT2D eigenvalue weighted by Crippen LogP contribution is -2.41. The standard InChI is InChI=1S/C21H25ClN4O3/c1-4-29-18-5-6-20(24-11-18)26-13-19(14(2)3)25(21(26)28)12-17(27)10-16-9-15(22)7-8-23-16/h5-9,11,14,19H,4,10,12-13H2,1-3H3/t19-/m1/s1. The summed E-state index contributed by atoms with van der Waals surface area (Å²) < 4.78 is 5.41. The number of nitrogens with zero attached hydrogens (tertiary/aromatic N) is 4. The molecular formula is C21H25ClN4O3. The monoisotopic (exact) mass is 416 g/mol. The van der Waals surface area contributed by atoms with Gasteiger partial charge < -0.3 is 9.64 Å². The Bertz CT molecular complexity index is 872. The van der Waals surface area contributed by atoms with E-state index < -0.39 is 0 Å². The van der Waals surface area contributed by atoms with E-state index in [2.05, 4.69) is 9.97 Å². The topological polar surface area (TPSA) is 75.6 Å². The van der Waals surface area contributed by atoms with Crippen LogP contribution in [0.4, 0.5) is 10.6 Å². The van der Waals surface area contributed by atoms with E-state index in [9.17, 15) is 9.59 Å². The van der Waals surface area contributed by atoms with Gasteiger partial charge >= 0.3 is 6.03 Å². The summed E-state index contributed by atoms with van der Waals surface area (Å²) in [5.74, 6) is 1.32. The molecule has 29 heavy (non-hydrogen) atoms. The number of aromatic nitrogens is 2. The van der Waals surface area contributed by atoms with Crippen LogP contribution >= 0.6 is 11.6 Å². The first-order chi connectivity index (χ1) is 13.9. The van der Waals surface area contributed by atoms with Gasteiger partial charge in [-0.25, -0.2) is 9.78 Å². The molecule has 0 unspecified atom stereocenters. The smallest absolute Gasteiger partial charge is 0.326 e. The van der Waals surface area contributed by atoms with Gasteiger partial charge in [-0.2, -0.15) is 0 Å². The Kier molecular flexibility index (Phi) is 6.69. The molecule has 0 aromatic carbocycles. The zero-order valence-electron chi connectivity index (χ0n) is 16.8. The number of anilines is 1. The minimum Gasteiger partial charge on any atom is -0.492 e. The normalized spacial score (nSPS) is 16.6. The Balaban J connectivity index is 1.73. The van der Waals surface area contributed by atoms with Crippen LogP contribution in [0, 0.1) is 5.92 Å². The van der Waals surface area contributed by atoms with E-state index in [-0.39, 0.29) is 36.7 Å². The molecule has 8 heteroatoms. The summed E-state index contributed by atoms with van der Waals surface area (Å²) in [6.07, 6.45) is 3.31. The average Bonchev–Trinajstić information content (AvgIpc) is 2.99. The lowest BCUT2D eigenvalue weighted by Gasteiger charge is -2.25. The van der Waals surface area contributed by atoms with Crippen LogP contribution in [0.25, 0.3) is 0 Å². The summed E-state index contributed by atoms with van der Waals surface area (Å²) in [4.78, 5) is 37.5. The summed E-state index contributed by atoms with van der Waals surface area (Å²) in [7, 11) is 0. The van der Waals surface area contributed by atoms with Gasteiger partial charge in [-0.05, 0) is 37.1 Å². The van der Waals surface area contributed by atoms with Crippen molar-refractivity contribution in [3.05, 3.63) is 47.4 Å². The number of ketones is 1. The molecule has 0 saturated carbocycles. The summed E-state index contributed by atoms with van der Waals surface area (Å²) in [5.41, 5.74) is 0.597. The maximum absolute atomic E-state index is 13.1. The quantitative estimate of drug-likeness (QED) is 0.657. The van der Waals surface area contributed by atoms with Crippen LogP contribution in [0.5, 0.6) is 5.75 Å². The maximum Gasteiger partial charge on any atom is 0.326 e. The SMILES string of the molecule is CCOc1ccc(N2C[C@H](C(C)C)N(CC(=O)Cc3cc(Cl)ccn3)C2=O)nc1. The third kappa shape index (κ3) is 5.03. The third-order valence-corrected chi connectivity index (χ3v) is 5.06. The number of ether oxygens (including phenoxy) is 1. The van der Waals surface area contributed by atoms with Crippen molar-refractivity contribution in [1.82, 2.24) is 14.9 Å². The number of hydrogen-bond donors (Lipinski definition) is 0. The first-order valence-corrected chi connectivity index (χ1v) is 10.1. The van der Waals surface area contributed by atoms with Crippen molar-refractivity contribution >= 4 is 29.2 Å². The summed E-state index contributed by atoms with van der Waals surface area (Å²) in [6.45, 7) is 7.06. The van der Waals surface area contributed by atoms with Crippen molar-refractivity contribution in [3.63, 3.8) is 0 Å². The van der Waals surface area contributed by atoms with Crippen LogP contribution in [0.1, 0.15) is 26.5 Å². The predicted molar refractivity (Wildman–Crippen MR) is 111 cm³/mol. The van der Waals surface area contributed by atoms with Crippen LogP contribution < -0.4 is 9.64 Å². The van der Waals surface area contributed by atoms with Gasteiger partial charge in [-0.1, -0.05) is 25.4 Å². The molecule has 1 aliphatic rings. The molecule has 2 aromatic heterocycles. The van der Waals surface area contributed by atoms with E-state index in [0.29, 0.717) is 35.4 Å². The molecule has 1 atom stereocenters. The molecule has 0 spiro atoms. The molecule has 7 nitrogen and oxygen atoms in total. The second-order valence-electron chi connectivity index (χ2n) is 7.30. The highest BCUT2D eigenvalue weighted by atomic mass is 35.5. The molecular weight excluding hydrogens is 392 g/mol. The molecule has 1 saturated heterocycles. The molecule has 2 amide bonds. The van der Waals surface area contributed by atoms with E-state index in [4.69, 9.17) is 16.3 Å². The first-order valence-electron chi connectivity index (χ1n) is 9.68. The molecule has 3 heterocycles. The Morgan fingerprint density at radius 3 is 2.72 bits per heavy atom. The molecule has 1 aliphatic heterocycles. The second-order valence-corrected chi connectivity index (χ2v) is 7.73. The number of hydrogen-bond acceptors (Lipinski definition) is 5. The van der Waals surface area contributed by atoms with Gasteiger partial charge in [0, 0.05) is 23.5 Å². The van der Waals surface area contributed by atoms with Crippen molar-refractivity contribution in [1.29, 1.82) is 0 Å². The Morgan fingerprint density at radius 1 is 1.31 bits per heavy atom. The lowest BCUT2D eigenvalue weighted by molar-refractivity contribution is -0.119. The molecule has 3 rings (SSSR count). The third-order valence-electron chi connectivity index (χ3n) is 4.83. The molecule has 0 N–H and O–H groups in total. The van der Waals surface area contributed by atoms with Crippen molar-refractivity contribution in [2.45, 2.75) is 33.2 Å². The van der Waals surface area contributed by atoms with Gasteiger partial charge in [0.15, 0.2) is 5.78 Å². The summed E-state index contributed by atoms with van der Waals surface area (Å²) >= 11 is 5.97.